The first-order valence-electron chi connectivity index (χ1n) is 5.64. The lowest BCUT2D eigenvalue weighted by atomic mass is 9.97. The molecule has 0 bridgehead atoms. The van der Waals surface area contributed by atoms with Crippen LogP contribution in [0.3, 0.4) is 0 Å². The molecule has 1 aromatic rings. The van der Waals surface area contributed by atoms with Crippen LogP contribution in [0.4, 0.5) is 0 Å². The number of piperidine rings is 1. The summed E-state index contributed by atoms with van der Waals surface area (Å²) in [6.07, 6.45) is 6.08. The fourth-order valence-electron chi connectivity index (χ4n) is 2.10. The smallest absolute Gasteiger partial charge is 0.0271 e. The Labute approximate surface area is 91.3 Å². The van der Waals surface area contributed by atoms with E-state index in [1.807, 2.05) is 12.4 Å². The van der Waals surface area contributed by atoms with Gasteiger partial charge in [-0.25, -0.2) is 0 Å². The van der Waals surface area contributed by atoms with Crippen LogP contribution in [0.5, 0.6) is 0 Å². The number of hydrogen-bond donors (Lipinski definition) is 0. The number of likely N-dealkylation sites (tertiary alicyclic amines) is 1. The summed E-state index contributed by atoms with van der Waals surface area (Å²) in [5.41, 5.74) is 8.70. The third kappa shape index (κ3) is 3.01. The Hall–Kier alpha value is -0.930. The first-order chi connectivity index (χ1) is 7.38. The molecule has 1 aromatic heterocycles. The van der Waals surface area contributed by atoms with Crippen LogP contribution in [0.1, 0.15) is 18.4 Å². The summed E-state index contributed by atoms with van der Waals surface area (Å²) >= 11 is 0. The maximum Gasteiger partial charge on any atom is 0.0271 e. The van der Waals surface area contributed by atoms with Crippen molar-refractivity contribution in [2.24, 2.45) is 5.92 Å². The van der Waals surface area contributed by atoms with Crippen molar-refractivity contribution in [2.75, 3.05) is 19.6 Å². The number of pyridine rings is 1. The number of hydrogen-bond acceptors (Lipinski definition) is 2. The molecule has 3 heteroatoms. The molecule has 1 fully saturated rings. The van der Waals surface area contributed by atoms with E-state index in [1.165, 1.54) is 18.4 Å². The minimum Gasteiger partial charge on any atom is -0.299 e. The molecule has 0 atom stereocenters. The summed E-state index contributed by atoms with van der Waals surface area (Å²) in [4.78, 5) is 6.49. The lowest BCUT2D eigenvalue weighted by molar-refractivity contribution is 0.179. The molecular formula is C12H18N3. The summed E-state index contributed by atoms with van der Waals surface area (Å²) in [5.74, 6) is 0.638. The predicted octanol–water partition coefficient (Wildman–Crippen LogP) is 1.58. The Morgan fingerprint density at radius 2 is 1.93 bits per heavy atom. The monoisotopic (exact) mass is 204 g/mol. The van der Waals surface area contributed by atoms with Crippen molar-refractivity contribution in [1.82, 2.24) is 15.6 Å². The zero-order valence-electron chi connectivity index (χ0n) is 9.02. The van der Waals surface area contributed by atoms with Gasteiger partial charge in [-0.3, -0.25) is 15.6 Å². The van der Waals surface area contributed by atoms with Crippen molar-refractivity contribution in [1.29, 1.82) is 0 Å². The average Bonchev–Trinajstić information content (AvgIpc) is 2.31. The van der Waals surface area contributed by atoms with Gasteiger partial charge in [-0.05, 0) is 49.5 Å². The van der Waals surface area contributed by atoms with Crippen molar-refractivity contribution >= 4 is 0 Å². The molecule has 0 spiro atoms. The topological polar surface area (TPSA) is 39.9 Å². The third-order valence-electron chi connectivity index (χ3n) is 3.15. The quantitative estimate of drug-likeness (QED) is 0.750. The SMILES string of the molecule is [NH]CC1CCN(Cc2ccncc2)CC1. The van der Waals surface area contributed by atoms with Gasteiger partial charge < -0.3 is 0 Å². The Balaban J connectivity index is 1.82. The second kappa shape index (κ2) is 5.24. The van der Waals surface area contributed by atoms with Gasteiger partial charge >= 0.3 is 0 Å². The molecule has 3 nitrogen and oxygen atoms in total. The highest BCUT2D eigenvalue weighted by atomic mass is 15.1. The van der Waals surface area contributed by atoms with Crippen molar-refractivity contribution < 1.29 is 0 Å². The maximum absolute atomic E-state index is 7.36. The average molecular weight is 204 g/mol. The lowest BCUT2D eigenvalue weighted by Crippen LogP contribution is -2.34. The minimum absolute atomic E-state index is 0.600. The van der Waals surface area contributed by atoms with Crippen molar-refractivity contribution in [3.8, 4) is 0 Å². The van der Waals surface area contributed by atoms with Gasteiger partial charge in [0.25, 0.3) is 0 Å². The number of nitrogens with one attached hydrogen (secondary N) is 1. The molecular weight excluding hydrogens is 186 g/mol. The van der Waals surface area contributed by atoms with Gasteiger partial charge in [0.15, 0.2) is 0 Å². The molecule has 15 heavy (non-hydrogen) atoms. The van der Waals surface area contributed by atoms with Gasteiger partial charge in [-0.15, -0.1) is 0 Å². The maximum atomic E-state index is 7.36. The molecule has 0 aliphatic carbocycles. The highest BCUT2D eigenvalue weighted by Gasteiger charge is 2.17. The molecule has 81 valence electrons. The summed E-state index contributed by atoms with van der Waals surface area (Å²) in [7, 11) is 0. The number of rotatable bonds is 3. The van der Waals surface area contributed by atoms with Crippen molar-refractivity contribution in [2.45, 2.75) is 19.4 Å². The molecule has 1 N–H and O–H groups in total. The zero-order valence-corrected chi connectivity index (χ0v) is 9.02. The van der Waals surface area contributed by atoms with Crippen LogP contribution < -0.4 is 5.73 Å². The number of nitrogens with zero attached hydrogens (tertiary/aromatic N) is 2. The van der Waals surface area contributed by atoms with Gasteiger partial charge in [0.1, 0.15) is 0 Å². The van der Waals surface area contributed by atoms with Crippen LogP contribution in [-0.4, -0.2) is 29.5 Å². The van der Waals surface area contributed by atoms with E-state index in [1.54, 1.807) is 0 Å². The minimum atomic E-state index is 0.600. The third-order valence-corrected chi connectivity index (χ3v) is 3.15. The van der Waals surface area contributed by atoms with Gasteiger partial charge in [0.05, 0.1) is 0 Å². The molecule has 2 heterocycles. The van der Waals surface area contributed by atoms with E-state index in [-0.39, 0.29) is 0 Å². The van der Waals surface area contributed by atoms with E-state index in [9.17, 15) is 0 Å². The van der Waals surface area contributed by atoms with E-state index in [4.69, 9.17) is 5.73 Å². The van der Waals surface area contributed by atoms with E-state index in [0.717, 1.165) is 19.6 Å². The Morgan fingerprint density at radius 3 is 2.53 bits per heavy atom. The first-order valence-corrected chi connectivity index (χ1v) is 5.64. The largest absolute Gasteiger partial charge is 0.299 e. The number of aromatic nitrogens is 1. The lowest BCUT2D eigenvalue weighted by Gasteiger charge is -2.31. The highest BCUT2D eigenvalue weighted by molar-refractivity contribution is 5.09. The molecule has 0 amide bonds. The molecule has 2 rings (SSSR count). The van der Waals surface area contributed by atoms with Crippen LogP contribution >= 0.6 is 0 Å². The Kier molecular flexibility index (Phi) is 3.69. The van der Waals surface area contributed by atoms with Crippen LogP contribution in [0.15, 0.2) is 24.5 Å². The molecule has 0 saturated carbocycles. The highest BCUT2D eigenvalue weighted by Crippen LogP contribution is 2.17. The van der Waals surface area contributed by atoms with E-state index >= 15 is 0 Å². The molecule has 1 radical (unpaired) electrons. The Bertz CT molecular complexity index is 278. The molecule has 0 aromatic carbocycles. The van der Waals surface area contributed by atoms with Gasteiger partial charge in [-0.1, -0.05) is 0 Å². The normalized spacial score (nSPS) is 19.3. The summed E-state index contributed by atoms with van der Waals surface area (Å²) in [6.45, 7) is 3.92. The van der Waals surface area contributed by atoms with E-state index in [0.29, 0.717) is 12.5 Å². The second-order valence-electron chi connectivity index (χ2n) is 4.28. The standard InChI is InChI=1S/C12H18N3/c13-9-11-3-7-15(8-4-11)10-12-1-5-14-6-2-12/h1-2,5-6,11,13H,3-4,7-10H2. The second-order valence-corrected chi connectivity index (χ2v) is 4.28. The fraction of sp³-hybridized carbons (Fsp3) is 0.583. The zero-order chi connectivity index (χ0) is 10.5. The first kappa shape index (κ1) is 10.6. The summed E-state index contributed by atoms with van der Waals surface area (Å²) in [6, 6.07) is 4.16. The van der Waals surface area contributed by atoms with Crippen molar-refractivity contribution in [3.05, 3.63) is 30.1 Å². The van der Waals surface area contributed by atoms with Crippen LogP contribution in [-0.2, 0) is 6.54 Å². The van der Waals surface area contributed by atoms with E-state index in [2.05, 4.69) is 22.0 Å². The molecule has 0 unspecified atom stereocenters. The van der Waals surface area contributed by atoms with Crippen LogP contribution in [0, 0.1) is 5.92 Å². The molecule has 1 aliphatic rings. The molecule has 1 saturated heterocycles. The molecule has 1 aliphatic heterocycles. The Morgan fingerprint density at radius 1 is 1.27 bits per heavy atom. The fourth-order valence-corrected chi connectivity index (χ4v) is 2.10. The van der Waals surface area contributed by atoms with Crippen LogP contribution in [0.25, 0.3) is 0 Å². The van der Waals surface area contributed by atoms with Crippen LogP contribution in [0.2, 0.25) is 0 Å². The predicted molar refractivity (Wildman–Crippen MR) is 60.2 cm³/mol. The van der Waals surface area contributed by atoms with Gasteiger partial charge in [0, 0.05) is 25.5 Å². The van der Waals surface area contributed by atoms with E-state index < -0.39 is 0 Å². The summed E-state index contributed by atoms with van der Waals surface area (Å²) in [5, 5.41) is 0. The summed E-state index contributed by atoms with van der Waals surface area (Å²) < 4.78 is 0. The van der Waals surface area contributed by atoms with Gasteiger partial charge in [-0.2, -0.15) is 0 Å². The van der Waals surface area contributed by atoms with Crippen molar-refractivity contribution in [3.63, 3.8) is 0 Å². The van der Waals surface area contributed by atoms with Gasteiger partial charge in [0.2, 0.25) is 0 Å².